The summed E-state index contributed by atoms with van der Waals surface area (Å²) in [6.45, 7) is 7.77. The van der Waals surface area contributed by atoms with E-state index in [1.807, 2.05) is 62.7 Å². The molecular weight excluding hydrogens is 393 g/mol. The fraction of sp³-hybridized carbons (Fsp3) is 0.280. The van der Waals surface area contributed by atoms with E-state index < -0.39 is 0 Å². The second-order valence-electron chi connectivity index (χ2n) is 7.85. The average molecular weight is 422 g/mol. The Morgan fingerprint density at radius 1 is 1.16 bits per heavy atom. The van der Waals surface area contributed by atoms with E-state index in [1.54, 1.807) is 25.6 Å². The summed E-state index contributed by atoms with van der Waals surface area (Å²) in [4.78, 5) is 17.3. The van der Waals surface area contributed by atoms with Gasteiger partial charge >= 0.3 is 0 Å². The molecule has 0 spiro atoms. The molecule has 3 aromatic rings. The number of hydrogen-bond acceptors (Lipinski definition) is 3. The monoisotopic (exact) mass is 421 g/mol. The van der Waals surface area contributed by atoms with Gasteiger partial charge in [0.25, 0.3) is 0 Å². The second kappa shape index (κ2) is 9.60. The van der Waals surface area contributed by atoms with Crippen LogP contribution in [0.25, 0.3) is 11.8 Å². The summed E-state index contributed by atoms with van der Waals surface area (Å²) in [5, 5.41) is 3.01. The van der Waals surface area contributed by atoms with Crippen LogP contribution in [0.2, 0.25) is 0 Å². The van der Waals surface area contributed by atoms with E-state index in [1.165, 1.54) is 12.1 Å². The van der Waals surface area contributed by atoms with Crippen molar-refractivity contribution in [3.05, 3.63) is 83.2 Å². The van der Waals surface area contributed by atoms with Gasteiger partial charge in [-0.2, -0.15) is 0 Å². The number of ether oxygens (including phenoxy) is 1. The SMILES string of the molecule is COc1cc(/C=C(/C(=O)N[C@@H](C)c2ccc(F)cc2)C(C)C)ccc1-n1cnc(C)c1. The summed E-state index contributed by atoms with van der Waals surface area (Å²) in [5.41, 5.74) is 4.16. The molecule has 1 N–H and O–H groups in total. The predicted molar refractivity (Wildman–Crippen MR) is 121 cm³/mol. The highest BCUT2D eigenvalue weighted by Gasteiger charge is 2.17. The number of imidazole rings is 1. The molecule has 1 heterocycles. The van der Waals surface area contributed by atoms with Crippen LogP contribution in [0.4, 0.5) is 4.39 Å². The second-order valence-corrected chi connectivity index (χ2v) is 7.85. The molecule has 0 aliphatic rings. The van der Waals surface area contributed by atoms with Crippen LogP contribution in [0.3, 0.4) is 0 Å². The first-order valence-electron chi connectivity index (χ1n) is 10.3. The van der Waals surface area contributed by atoms with Crippen molar-refractivity contribution in [2.24, 2.45) is 5.92 Å². The molecule has 3 rings (SSSR count). The Kier molecular flexibility index (Phi) is 6.90. The molecule has 0 aliphatic heterocycles. The predicted octanol–water partition coefficient (Wildman–Crippen LogP) is 5.25. The van der Waals surface area contributed by atoms with Crippen LogP contribution in [0.15, 0.2) is 60.6 Å². The van der Waals surface area contributed by atoms with Crippen molar-refractivity contribution in [2.75, 3.05) is 7.11 Å². The minimum Gasteiger partial charge on any atom is -0.495 e. The van der Waals surface area contributed by atoms with Crippen molar-refractivity contribution >= 4 is 12.0 Å². The van der Waals surface area contributed by atoms with Crippen LogP contribution in [0, 0.1) is 18.7 Å². The van der Waals surface area contributed by atoms with Crippen molar-refractivity contribution in [3.8, 4) is 11.4 Å². The van der Waals surface area contributed by atoms with E-state index in [0.717, 1.165) is 22.5 Å². The fourth-order valence-corrected chi connectivity index (χ4v) is 3.34. The summed E-state index contributed by atoms with van der Waals surface area (Å²) in [6.07, 6.45) is 5.55. The Morgan fingerprint density at radius 3 is 2.45 bits per heavy atom. The number of nitrogens with zero attached hydrogens (tertiary/aromatic N) is 2. The van der Waals surface area contributed by atoms with Crippen LogP contribution >= 0.6 is 0 Å². The van der Waals surface area contributed by atoms with E-state index >= 15 is 0 Å². The Labute approximate surface area is 182 Å². The first-order valence-corrected chi connectivity index (χ1v) is 10.3. The standard InChI is InChI=1S/C25H28FN3O2/c1-16(2)22(25(30)28-18(4)20-7-9-21(26)10-8-20)12-19-6-11-23(24(13-19)31-5)29-14-17(3)27-15-29/h6-16,18H,1-5H3,(H,28,30)/b22-12+/t18-/m0/s1. The molecule has 0 saturated carbocycles. The Morgan fingerprint density at radius 2 is 1.87 bits per heavy atom. The van der Waals surface area contributed by atoms with Crippen LogP contribution in [0.5, 0.6) is 5.75 Å². The van der Waals surface area contributed by atoms with Crippen molar-refractivity contribution in [2.45, 2.75) is 33.7 Å². The maximum absolute atomic E-state index is 13.2. The molecule has 0 aliphatic carbocycles. The Bertz CT molecular complexity index is 1080. The smallest absolute Gasteiger partial charge is 0.247 e. The highest BCUT2D eigenvalue weighted by molar-refractivity contribution is 5.98. The van der Waals surface area contributed by atoms with E-state index in [4.69, 9.17) is 4.74 Å². The molecule has 1 aromatic heterocycles. The average Bonchev–Trinajstić information content (AvgIpc) is 3.17. The lowest BCUT2D eigenvalue weighted by Crippen LogP contribution is -2.29. The first kappa shape index (κ1) is 22.3. The van der Waals surface area contributed by atoms with E-state index in [-0.39, 0.29) is 23.7 Å². The number of carbonyl (C=O) groups excluding carboxylic acids is 1. The number of methoxy groups -OCH3 is 1. The number of halogens is 1. The lowest BCUT2D eigenvalue weighted by Gasteiger charge is -2.18. The molecule has 0 unspecified atom stereocenters. The maximum atomic E-state index is 13.2. The highest BCUT2D eigenvalue weighted by atomic mass is 19.1. The molecule has 2 aromatic carbocycles. The molecule has 1 amide bonds. The number of benzene rings is 2. The summed E-state index contributed by atoms with van der Waals surface area (Å²) in [7, 11) is 1.62. The summed E-state index contributed by atoms with van der Waals surface area (Å²) in [5.74, 6) is 0.255. The number of nitrogens with one attached hydrogen (secondary N) is 1. The minimum atomic E-state index is -0.298. The van der Waals surface area contributed by atoms with E-state index in [0.29, 0.717) is 11.3 Å². The zero-order valence-corrected chi connectivity index (χ0v) is 18.5. The third-order valence-corrected chi connectivity index (χ3v) is 5.12. The number of rotatable bonds is 7. The molecule has 0 fully saturated rings. The fourth-order valence-electron chi connectivity index (χ4n) is 3.34. The molecule has 0 saturated heterocycles. The number of aryl methyl sites for hydroxylation is 1. The first-order chi connectivity index (χ1) is 14.8. The summed E-state index contributed by atoms with van der Waals surface area (Å²) in [6, 6.07) is 11.7. The zero-order chi connectivity index (χ0) is 22.5. The molecule has 162 valence electrons. The van der Waals surface area contributed by atoms with Gasteiger partial charge in [0.05, 0.1) is 30.9 Å². The zero-order valence-electron chi connectivity index (χ0n) is 18.5. The molecule has 31 heavy (non-hydrogen) atoms. The van der Waals surface area contributed by atoms with E-state index in [2.05, 4.69) is 10.3 Å². The maximum Gasteiger partial charge on any atom is 0.247 e. The summed E-state index contributed by atoms with van der Waals surface area (Å²) < 4.78 is 20.7. The van der Waals surface area contributed by atoms with Gasteiger partial charge in [0.15, 0.2) is 0 Å². The quantitative estimate of drug-likeness (QED) is 0.531. The normalized spacial score (nSPS) is 12.7. The molecule has 5 nitrogen and oxygen atoms in total. The van der Waals surface area contributed by atoms with Gasteiger partial charge < -0.3 is 14.6 Å². The topological polar surface area (TPSA) is 56.1 Å². The Hall–Kier alpha value is -3.41. The molecular formula is C25H28FN3O2. The molecule has 6 heteroatoms. The highest BCUT2D eigenvalue weighted by Crippen LogP contribution is 2.27. The van der Waals surface area contributed by atoms with Crippen LogP contribution in [0.1, 0.15) is 43.6 Å². The lowest BCUT2D eigenvalue weighted by atomic mass is 9.98. The molecule has 0 bridgehead atoms. The number of hydrogen-bond donors (Lipinski definition) is 1. The van der Waals surface area contributed by atoms with Crippen molar-refractivity contribution < 1.29 is 13.9 Å². The van der Waals surface area contributed by atoms with Crippen molar-refractivity contribution in [3.63, 3.8) is 0 Å². The van der Waals surface area contributed by atoms with Crippen LogP contribution < -0.4 is 10.1 Å². The van der Waals surface area contributed by atoms with Crippen LogP contribution in [-0.4, -0.2) is 22.6 Å². The van der Waals surface area contributed by atoms with Gasteiger partial charge in [-0.15, -0.1) is 0 Å². The van der Waals surface area contributed by atoms with Gasteiger partial charge in [-0.3, -0.25) is 4.79 Å². The van der Waals surface area contributed by atoms with Gasteiger partial charge in [0.2, 0.25) is 5.91 Å². The minimum absolute atomic E-state index is 0.0161. The number of amides is 1. The van der Waals surface area contributed by atoms with Crippen molar-refractivity contribution in [1.29, 1.82) is 0 Å². The van der Waals surface area contributed by atoms with Gasteiger partial charge in [0.1, 0.15) is 11.6 Å². The Balaban J connectivity index is 1.85. The third-order valence-electron chi connectivity index (χ3n) is 5.12. The third kappa shape index (κ3) is 5.40. The lowest BCUT2D eigenvalue weighted by molar-refractivity contribution is -0.118. The van der Waals surface area contributed by atoms with Gasteiger partial charge in [-0.05, 0) is 61.2 Å². The van der Waals surface area contributed by atoms with Crippen molar-refractivity contribution in [1.82, 2.24) is 14.9 Å². The number of aromatic nitrogens is 2. The molecule has 0 radical (unpaired) electrons. The van der Waals surface area contributed by atoms with Crippen LogP contribution in [-0.2, 0) is 4.79 Å². The van der Waals surface area contributed by atoms with Gasteiger partial charge in [-0.25, -0.2) is 9.37 Å². The van der Waals surface area contributed by atoms with Gasteiger partial charge in [-0.1, -0.05) is 32.0 Å². The number of carbonyl (C=O) groups is 1. The summed E-state index contributed by atoms with van der Waals surface area (Å²) >= 11 is 0. The molecule has 1 atom stereocenters. The van der Waals surface area contributed by atoms with Gasteiger partial charge in [0, 0.05) is 11.8 Å². The largest absolute Gasteiger partial charge is 0.495 e. The van der Waals surface area contributed by atoms with E-state index in [9.17, 15) is 9.18 Å².